The van der Waals surface area contributed by atoms with Crippen LogP contribution < -0.4 is 10.2 Å². The van der Waals surface area contributed by atoms with Crippen molar-refractivity contribution in [2.75, 3.05) is 50.1 Å². The number of nitrogens with one attached hydrogen (secondary N) is 1. The van der Waals surface area contributed by atoms with Crippen LogP contribution >= 0.6 is 0 Å². The Morgan fingerprint density at radius 3 is 2.53 bits per heavy atom. The first kappa shape index (κ1) is 21.5. The monoisotopic (exact) mass is 435 g/mol. The summed E-state index contributed by atoms with van der Waals surface area (Å²) in [4.78, 5) is 38.3. The van der Waals surface area contributed by atoms with Crippen molar-refractivity contribution in [1.29, 1.82) is 0 Å². The minimum Gasteiger partial charge on any atom is -0.462 e. The Kier molecular flexibility index (Phi) is 6.46. The van der Waals surface area contributed by atoms with E-state index in [1.165, 1.54) is 18.5 Å². The summed E-state index contributed by atoms with van der Waals surface area (Å²) < 4.78 is 10.2. The minimum absolute atomic E-state index is 0.00999. The summed E-state index contributed by atoms with van der Waals surface area (Å²) in [6, 6.07) is 11.1. The highest BCUT2D eigenvalue weighted by Gasteiger charge is 2.24. The average molecular weight is 435 g/mol. The van der Waals surface area contributed by atoms with E-state index in [0.717, 1.165) is 37.6 Å². The zero-order valence-electron chi connectivity index (χ0n) is 18.1. The van der Waals surface area contributed by atoms with Crippen LogP contribution in [0, 0.1) is 0 Å². The van der Waals surface area contributed by atoms with Gasteiger partial charge in [0.2, 0.25) is 11.7 Å². The van der Waals surface area contributed by atoms with E-state index in [-0.39, 0.29) is 29.6 Å². The lowest BCUT2D eigenvalue weighted by Crippen LogP contribution is -2.44. The number of hydrogen-bond donors (Lipinski definition) is 1. The third-order valence-electron chi connectivity index (χ3n) is 5.24. The molecular weight excluding hydrogens is 410 g/mol. The van der Waals surface area contributed by atoms with Gasteiger partial charge in [-0.1, -0.05) is 0 Å². The molecule has 2 aromatic heterocycles. The lowest BCUT2D eigenvalue weighted by molar-refractivity contribution is 0.0522. The Hall–Kier alpha value is -3.72. The zero-order chi connectivity index (χ0) is 22.5. The third-order valence-corrected chi connectivity index (χ3v) is 5.24. The number of carbonyl (C=O) groups is 2. The number of rotatable bonds is 7. The number of furan rings is 1. The summed E-state index contributed by atoms with van der Waals surface area (Å²) >= 11 is 0. The van der Waals surface area contributed by atoms with E-state index in [1.807, 2.05) is 24.3 Å². The van der Waals surface area contributed by atoms with Gasteiger partial charge in [-0.15, -0.1) is 0 Å². The number of nitrogens with zero attached hydrogens (tertiary/aromatic N) is 4. The number of likely N-dealkylation sites (N-methyl/N-ethyl adjacent to an activating group) is 1. The zero-order valence-corrected chi connectivity index (χ0v) is 18.1. The molecule has 0 aliphatic carbocycles. The van der Waals surface area contributed by atoms with Crippen LogP contribution in [0.5, 0.6) is 0 Å². The van der Waals surface area contributed by atoms with Crippen molar-refractivity contribution in [3.8, 4) is 0 Å². The number of hydrogen-bond acceptors (Lipinski definition) is 9. The van der Waals surface area contributed by atoms with E-state index >= 15 is 0 Å². The van der Waals surface area contributed by atoms with Gasteiger partial charge >= 0.3 is 5.97 Å². The smallest absolute Gasteiger partial charge is 0.342 e. The molecule has 0 saturated carbocycles. The van der Waals surface area contributed by atoms with Gasteiger partial charge in [0.15, 0.2) is 5.76 Å². The molecule has 1 aliphatic heterocycles. The fourth-order valence-electron chi connectivity index (χ4n) is 3.45. The first-order chi connectivity index (χ1) is 15.5. The summed E-state index contributed by atoms with van der Waals surface area (Å²) in [6.45, 7) is 5.90. The van der Waals surface area contributed by atoms with Gasteiger partial charge in [0.1, 0.15) is 11.3 Å². The number of ketones is 1. The molecule has 0 atom stereocenters. The van der Waals surface area contributed by atoms with Crippen molar-refractivity contribution >= 4 is 29.1 Å². The van der Waals surface area contributed by atoms with Gasteiger partial charge < -0.3 is 24.3 Å². The molecular formula is C23H25N5O4. The molecule has 1 N–H and O–H groups in total. The van der Waals surface area contributed by atoms with Gasteiger partial charge in [-0.05, 0) is 50.4 Å². The van der Waals surface area contributed by atoms with Crippen molar-refractivity contribution in [3.05, 3.63) is 65.9 Å². The molecule has 0 radical (unpaired) electrons. The van der Waals surface area contributed by atoms with E-state index in [4.69, 9.17) is 9.15 Å². The van der Waals surface area contributed by atoms with Crippen LogP contribution in [0.25, 0.3) is 0 Å². The molecule has 1 aliphatic rings. The molecule has 32 heavy (non-hydrogen) atoms. The van der Waals surface area contributed by atoms with Crippen molar-refractivity contribution in [3.63, 3.8) is 0 Å². The summed E-state index contributed by atoms with van der Waals surface area (Å²) in [7, 11) is 2.13. The van der Waals surface area contributed by atoms with E-state index < -0.39 is 11.8 Å². The number of ether oxygens (including phenoxy) is 1. The summed E-state index contributed by atoms with van der Waals surface area (Å²) in [5.74, 6) is -0.906. The quantitative estimate of drug-likeness (QED) is 0.443. The van der Waals surface area contributed by atoms with Gasteiger partial charge in [-0.25, -0.2) is 14.8 Å². The summed E-state index contributed by atoms with van der Waals surface area (Å²) in [5.41, 5.74) is 1.83. The molecule has 9 nitrogen and oxygen atoms in total. The maximum Gasteiger partial charge on any atom is 0.342 e. The summed E-state index contributed by atoms with van der Waals surface area (Å²) in [6.07, 6.45) is 2.68. The predicted molar refractivity (Wildman–Crippen MR) is 120 cm³/mol. The third kappa shape index (κ3) is 4.78. The Morgan fingerprint density at radius 1 is 1.12 bits per heavy atom. The van der Waals surface area contributed by atoms with Crippen molar-refractivity contribution in [2.45, 2.75) is 6.92 Å². The summed E-state index contributed by atoms with van der Waals surface area (Å²) in [5, 5.41) is 3.10. The van der Waals surface area contributed by atoms with Crippen LogP contribution in [0.15, 0.2) is 53.3 Å². The van der Waals surface area contributed by atoms with Crippen molar-refractivity contribution in [2.24, 2.45) is 0 Å². The van der Waals surface area contributed by atoms with Crippen molar-refractivity contribution in [1.82, 2.24) is 14.9 Å². The van der Waals surface area contributed by atoms with Crippen LogP contribution in [0.1, 0.15) is 33.5 Å². The molecule has 4 rings (SSSR count). The van der Waals surface area contributed by atoms with Gasteiger partial charge in [0, 0.05) is 43.8 Å². The fourth-order valence-corrected chi connectivity index (χ4v) is 3.45. The SMILES string of the molecule is CCOC(=O)c1cnc(Nc2ccc(N3CCN(C)CC3)cc2)nc1C(=O)c1ccco1. The second-order valence-electron chi connectivity index (χ2n) is 7.44. The Labute approximate surface area is 186 Å². The van der Waals surface area contributed by atoms with Gasteiger partial charge in [0.25, 0.3) is 0 Å². The number of esters is 1. The fraction of sp³-hybridized carbons (Fsp3) is 0.304. The van der Waals surface area contributed by atoms with E-state index in [0.29, 0.717) is 0 Å². The maximum atomic E-state index is 12.9. The molecule has 0 unspecified atom stereocenters. The largest absolute Gasteiger partial charge is 0.462 e. The average Bonchev–Trinajstić information content (AvgIpc) is 3.35. The highest BCUT2D eigenvalue weighted by molar-refractivity contribution is 6.11. The standard InChI is InChI=1S/C23H25N5O4/c1-3-31-22(30)18-15-24-23(26-20(18)21(29)19-5-4-14-32-19)25-16-6-8-17(9-7-16)28-12-10-27(2)11-13-28/h4-9,14-15H,3,10-13H2,1-2H3,(H,24,25,26). The van der Waals surface area contributed by atoms with E-state index in [2.05, 4.69) is 32.1 Å². The number of benzene rings is 1. The van der Waals surface area contributed by atoms with E-state index in [9.17, 15) is 9.59 Å². The molecule has 1 fully saturated rings. The topological polar surface area (TPSA) is 101 Å². The molecule has 0 bridgehead atoms. The van der Waals surface area contributed by atoms with Crippen LogP contribution in [0.2, 0.25) is 0 Å². The Morgan fingerprint density at radius 2 is 1.88 bits per heavy atom. The molecule has 3 aromatic rings. The molecule has 166 valence electrons. The number of piperazine rings is 1. The van der Waals surface area contributed by atoms with Crippen LogP contribution in [0.4, 0.5) is 17.3 Å². The van der Waals surface area contributed by atoms with Crippen LogP contribution in [-0.4, -0.2) is 66.5 Å². The lowest BCUT2D eigenvalue weighted by Gasteiger charge is -2.34. The van der Waals surface area contributed by atoms with E-state index in [1.54, 1.807) is 13.0 Å². The predicted octanol–water partition coefficient (Wildman–Crippen LogP) is 2.97. The lowest BCUT2D eigenvalue weighted by atomic mass is 10.1. The Bertz CT molecular complexity index is 1070. The number of anilines is 3. The molecule has 1 saturated heterocycles. The van der Waals surface area contributed by atoms with Gasteiger partial charge in [-0.2, -0.15) is 0 Å². The molecule has 0 amide bonds. The van der Waals surface area contributed by atoms with Crippen molar-refractivity contribution < 1.29 is 18.7 Å². The number of aromatic nitrogens is 2. The normalized spacial score (nSPS) is 14.2. The second kappa shape index (κ2) is 9.61. The molecule has 0 spiro atoms. The first-order valence-corrected chi connectivity index (χ1v) is 10.5. The minimum atomic E-state index is -0.662. The highest BCUT2D eigenvalue weighted by Crippen LogP contribution is 2.22. The van der Waals surface area contributed by atoms with Gasteiger partial charge in [-0.3, -0.25) is 4.79 Å². The highest BCUT2D eigenvalue weighted by atomic mass is 16.5. The maximum absolute atomic E-state index is 12.9. The molecule has 3 heterocycles. The molecule has 1 aromatic carbocycles. The van der Waals surface area contributed by atoms with Crippen LogP contribution in [-0.2, 0) is 4.74 Å². The van der Waals surface area contributed by atoms with Crippen LogP contribution in [0.3, 0.4) is 0 Å². The van der Waals surface area contributed by atoms with Gasteiger partial charge in [0.05, 0.1) is 12.9 Å². The Balaban J connectivity index is 1.55. The first-order valence-electron chi connectivity index (χ1n) is 10.5. The molecule has 9 heteroatoms. The number of carbonyl (C=O) groups excluding carboxylic acids is 2. The second-order valence-corrected chi connectivity index (χ2v) is 7.44.